The van der Waals surface area contributed by atoms with Gasteiger partial charge in [0.15, 0.2) is 0 Å². The van der Waals surface area contributed by atoms with Gasteiger partial charge < -0.3 is 9.64 Å². The zero-order valence-corrected chi connectivity index (χ0v) is 19.1. The van der Waals surface area contributed by atoms with Gasteiger partial charge in [-0.2, -0.15) is 0 Å². The fourth-order valence-corrected chi connectivity index (χ4v) is 3.69. The van der Waals surface area contributed by atoms with Crippen LogP contribution in [0.1, 0.15) is 11.1 Å². The lowest BCUT2D eigenvalue weighted by molar-refractivity contribution is 0.250. The second kappa shape index (κ2) is 12.6. The molecule has 4 rings (SSSR count). The van der Waals surface area contributed by atoms with Crippen LogP contribution in [0.2, 0.25) is 0 Å². The maximum absolute atomic E-state index is 12.9. The van der Waals surface area contributed by atoms with Crippen LogP contribution < -0.4 is 9.64 Å². The van der Waals surface area contributed by atoms with Gasteiger partial charge in [0.2, 0.25) is 0 Å². The van der Waals surface area contributed by atoms with Crippen molar-refractivity contribution in [2.24, 2.45) is 0 Å². The lowest BCUT2D eigenvalue weighted by Crippen LogP contribution is -2.45. The Morgan fingerprint density at radius 2 is 1.32 bits per heavy atom. The number of halogens is 3. The van der Waals surface area contributed by atoms with Crippen LogP contribution in [0.3, 0.4) is 0 Å². The quantitative estimate of drug-likeness (QED) is 0.453. The summed E-state index contributed by atoms with van der Waals surface area (Å²) in [7, 11) is 0. The molecule has 0 aromatic heterocycles. The first-order valence-electron chi connectivity index (χ1n) is 10.2. The maximum Gasteiger partial charge on any atom is 0.123 e. The smallest absolute Gasteiger partial charge is 0.123 e. The van der Waals surface area contributed by atoms with Gasteiger partial charge in [-0.05, 0) is 47.5 Å². The molecule has 0 radical (unpaired) electrons. The molecular weight excluding hydrogens is 434 g/mol. The third-order valence-electron chi connectivity index (χ3n) is 5.40. The molecule has 0 unspecified atom stereocenters. The molecule has 0 aliphatic carbocycles. The summed E-state index contributed by atoms with van der Waals surface area (Å²) in [6, 6.07) is 25.6. The number of benzene rings is 3. The van der Waals surface area contributed by atoms with E-state index in [0.717, 1.165) is 39.1 Å². The van der Waals surface area contributed by atoms with Crippen LogP contribution >= 0.6 is 24.8 Å². The van der Waals surface area contributed by atoms with Crippen molar-refractivity contribution in [3.8, 4) is 5.75 Å². The van der Waals surface area contributed by atoms with E-state index in [4.69, 9.17) is 4.74 Å². The van der Waals surface area contributed by atoms with Crippen LogP contribution in [0.25, 0.3) is 0 Å². The van der Waals surface area contributed by atoms with Crippen molar-refractivity contribution in [2.45, 2.75) is 13.0 Å². The number of anilines is 1. The van der Waals surface area contributed by atoms with E-state index in [2.05, 4.69) is 64.4 Å². The van der Waals surface area contributed by atoms with E-state index >= 15 is 0 Å². The third kappa shape index (κ3) is 7.42. The fraction of sp³-hybridized carbons (Fsp3) is 0.280. The standard InChI is InChI=1S/C25H27FN2O.2ClH/c26-23-10-12-25(13-11-23)29-19-14-21-6-8-22(9-7-21)20-27-15-17-28(18-16-27)24-4-2-1-3-5-24;;/h1-13H,14-20H2;2*1H. The van der Waals surface area contributed by atoms with Crippen molar-refractivity contribution in [1.29, 1.82) is 0 Å². The van der Waals surface area contributed by atoms with Crippen molar-refractivity contribution in [1.82, 2.24) is 4.90 Å². The Balaban J connectivity index is 0.00000171. The molecule has 0 spiro atoms. The molecule has 0 atom stereocenters. The minimum atomic E-state index is -0.241. The second-order valence-corrected chi connectivity index (χ2v) is 7.47. The van der Waals surface area contributed by atoms with Gasteiger partial charge in [-0.3, -0.25) is 4.90 Å². The topological polar surface area (TPSA) is 15.7 Å². The van der Waals surface area contributed by atoms with Crippen LogP contribution in [0, 0.1) is 5.82 Å². The van der Waals surface area contributed by atoms with Gasteiger partial charge in [-0.25, -0.2) is 4.39 Å². The van der Waals surface area contributed by atoms with Crippen molar-refractivity contribution < 1.29 is 9.13 Å². The highest BCUT2D eigenvalue weighted by atomic mass is 35.5. The summed E-state index contributed by atoms with van der Waals surface area (Å²) in [5.74, 6) is 0.465. The molecule has 0 bridgehead atoms. The molecule has 0 saturated carbocycles. The normalized spacial score (nSPS) is 13.8. The highest BCUT2D eigenvalue weighted by Crippen LogP contribution is 2.17. The monoisotopic (exact) mass is 462 g/mol. The van der Waals surface area contributed by atoms with Gasteiger partial charge >= 0.3 is 0 Å². The van der Waals surface area contributed by atoms with Gasteiger partial charge in [0.1, 0.15) is 11.6 Å². The Kier molecular flexibility index (Phi) is 10.1. The predicted octanol–water partition coefficient (Wildman–Crippen LogP) is 5.61. The van der Waals surface area contributed by atoms with Gasteiger partial charge in [-0.15, -0.1) is 24.8 Å². The number of piperazine rings is 1. The molecule has 6 heteroatoms. The number of para-hydroxylation sites is 1. The molecule has 1 aliphatic rings. The first-order chi connectivity index (χ1) is 14.3. The summed E-state index contributed by atoms with van der Waals surface area (Å²) in [6.07, 6.45) is 0.841. The minimum absolute atomic E-state index is 0. The lowest BCUT2D eigenvalue weighted by Gasteiger charge is -2.36. The lowest BCUT2D eigenvalue weighted by atomic mass is 10.1. The Hall–Kier alpha value is -2.27. The van der Waals surface area contributed by atoms with Crippen LogP contribution in [-0.2, 0) is 13.0 Å². The van der Waals surface area contributed by atoms with Gasteiger partial charge in [0, 0.05) is 44.8 Å². The maximum atomic E-state index is 12.9. The second-order valence-electron chi connectivity index (χ2n) is 7.47. The van der Waals surface area contributed by atoms with Crippen molar-refractivity contribution in [3.63, 3.8) is 0 Å². The first-order valence-corrected chi connectivity index (χ1v) is 10.2. The van der Waals surface area contributed by atoms with E-state index in [9.17, 15) is 4.39 Å². The molecule has 1 aliphatic heterocycles. The van der Waals surface area contributed by atoms with Crippen LogP contribution in [0.5, 0.6) is 5.75 Å². The average Bonchev–Trinajstić information content (AvgIpc) is 2.77. The Bertz CT molecular complexity index is 884. The number of nitrogens with zero attached hydrogens (tertiary/aromatic N) is 2. The molecule has 3 aromatic rings. The van der Waals surface area contributed by atoms with Gasteiger partial charge in [0.25, 0.3) is 0 Å². The SMILES string of the molecule is Cl.Cl.Fc1ccc(OCCc2ccc(CN3CCN(c4ccccc4)CC3)cc2)cc1. The molecular formula is C25H29Cl2FN2O. The van der Waals surface area contributed by atoms with E-state index in [-0.39, 0.29) is 30.6 Å². The molecule has 1 heterocycles. The van der Waals surface area contributed by atoms with Crippen molar-refractivity contribution in [2.75, 3.05) is 37.7 Å². The summed E-state index contributed by atoms with van der Waals surface area (Å²) in [5.41, 5.74) is 3.92. The zero-order valence-electron chi connectivity index (χ0n) is 17.5. The molecule has 3 aromatic carbocycles. The van der Waals surface area contributed by atoms with E-state index < -0.39 is 0 Å². The number of hydrogen-bond acceptors (Lipinski definition) is 3. The molecule has 1 saturated heterocycles. The first kappa shape index (κ1) is 25.0. The minimum Gasteiger partial charge on any atom is -0.493 e. The van der Waals surface area contributed by atoms with Gasteiger partial charge in [0.05, 0.1) is 6.61 Å². The molecule has 0 N–H and O–H groups in total. The highest BCUT2D eigenvalue weighted by Gasteiger charge is 2.17. The van der Waals surface area contributed by atoms with Crippen LogP contribution in [0.4, 0.5) is 10.1 Å². The molecule has 0 amide bonds. The van der Waals surface area contributed by atoms with Gasteiger partial charge in [-0.1, -0.05) is 42.5 Å². The predicted molar refractivity (Wildman–Crippen MR) is 130 cm³/mol. The highest BCUT2D eigenvalue weighted by molar-refractivity contribution is 5.85. The van der Waals surface area contributed by atoms with E-state index in [1.165, 1.54) is 28.9 Å². The molecule has 1 fully saturated rings. The van der Waals surface area contributed by atoms with Crippen molar-refractivity contribution in [3.05, 3.63) is 95.8 Å². The van der Waals surface area contributed by atoms with E-state index in [1.807, 2.05) is 0 Å². The summed E-state index contributed by atoms with van der Waals surface area (Å²) in [5, 5.41) is 0. The Morgan fingerprint density at radius 3 is 1.97 bits per heavy atom. The molecule has 166 valence electrons. The number of rotatable bonds is 7. The molecule has 31 heavy (non-hydrogen) atoms. The molecule has 3 nitrogen and oxygen atoms in total. The third-order valence-corrected chi connectivity index (χ3v) is 5.40. The number of hydrogen-bond donors (Lipinski definition) is 0. The van der Waals surface area contributed by atoms with E-state index in [0.29, 0.717) is 12.4 Å². The summed E-state index contributed by atoms with van der Waals surface area (Å²) in [4.78, 5) is 4.98. The zero-order chi connectivity index (χ0) is 19.9. The number of ether oxygens (including phenoxy) is 1. The van der Waals surface area contributed by atoms with Crippen molar-refractivity contribution >= 4 is 30.5 Å². The fourth-order valence-electron chi connectivity index (χ4n) is 3.69. The summed E-state index contributed by atoms with van der Waals surface area (Å²) >= 11 is 0. The summed E-state index contributed by atoms with van der Waals surface area (Å²) < 4.78 is 18.6. The average molecular weight is 463 g/mol. The van der Waals surface area contributed by atoms with Crippen LogP contribution in [-0.4, -0.2) is 37.7 Å². The largest absolute Gasteiger partial charge is 0.493 e. The van der Waals surface area contributed by atoms with E-state index in [1.54, 1.807) is 12.1 Å². The summed E-state index contributed by atoms with van der Waals surface area (Å²) in [6.45, 7) is 5.90. The van der Waals surface area contributed by atoms with Crippen LogP contribution in [0.15, 0.2) is 78.9 Å². The Morgan fingerprint density at radius 1 is 0.710 bits per heavy atom. The Labute approximate surface area is 196 Å².